The van der Waals surface area contributed by atoms with Gasteiger partial charge in [0, 0.05) is 18.3 Å². The first-order valence-electron chi connectivity index (χ1n) is 6.88. The van der Waals surface area contributed by atoms with E-state index in [0.29, 0.717) is 13.1 Å². The second-order valence-electron chi connectivity index (χ2n) is 5.13. The topological polar surface area (TPSA) is 58.4 Å². The fraction of sp³-hybridized carbons (Fsp3) is 0.533. The second kappa shape index (κ2) is 7.79. The maximum atomic E-state index is 11.8. The fourth-order valence-corrected chi connectivity index (χ4v) is 2.02. The van der Waals surface area contributed by atoms with E-state index in [1.54, 1.807) is 0 Å². The summed E-state index contributed by atoms with van der Waals surface area (Å²) < 4.78 is 0. The van der Waals surface area contributed by atoms with Crippen molar-refractivity contribution in [3.63, 3.8) is 0 Å². The van der Waals surface area contributed by atoms with Crippen LogP contribution in [0.3, 0.4) is 0 Å². The van der Waals surface area contributed by atoms with Gasteiger partial charge in [-0.3, -0.25) is 9.69 Å². The van der Waals surface area contributed by atoms with Crippen LogP contribution in [0.5, 0.6) is 0 Å². The van der Waals surface area contributed by atoms with Crippen molar-refractivity contribution in [1.29, 1.82) is 0 Å². The van der Waals surface area contributed by atoms with Gasteiger partial charge in [0.25, 0.3) is 0 Å². The van der Waals surface area contributed by atoms with E-state index in [1.165, 1.54) is 0 Å². The van der Waals surface area contributed by atoms with Gasteiger partial charge >= 0.3 is 0 Å². The van der Waals surface area contributed by atoms with Crippen molar-refractivity contribution >= 4 is 11.6 Å². The number of nitrogens with zero attached hydrogens (tertiary/aromatic N) is 1. The number of nitrogen functional groups attached to an aromatic ring is 1. The van der Waals surface area contributed by atoms with Crippen LogP contribution in [0, 0.1) is 0 Å². The quantitative estimate of drug-likeness (QED) is 0.740. The fourth-order valence-electron chi connectivity index (χ4n) is 2.02. The number of anilines is 1. The SMILES string of the molecule is CCCN(CC(=O)NC(C)C)Cc1ccccc1N. The summed E-state index contributed by atoms with van der Waals surface area (Å²) in [5.74, 6) is 0.0675. The van der Waals surface area contributed by atoms with Crippen LogP contribution in [0.1, 0.15) is 32.8 Å². The lowest BCUT2D eigenvalue weighted by molar-refractivity contribution is -0.122. The van der Waals surface area contributed by atoms with Crippen molar-refractivity contribution in [2.75, 3.05) is 18.8 Å². The van der Waals surface area contributed by atoms with Gasteiger partial charge in [-0.05, 0) is 38.4 Å². The maximum Gasteiger partial charge on any atom is 0.234 e. The number of hydrogen-bond donors (Lipinski definition) is 2. The number of carbonyl (C=O) groups is 1. The summed E-state index contributed by atoms with van der Waals surface area (Å²) in [7, 11) is 0. The van der Waals surface area contributed by atoms with Crippen molar-refractivity contribution in [3.8, 4) is 0 Å². The lowest BCUT2D eigenvalue weighted by Crippen LogP contribution is -2.40. The molecule has 0 unspecified atom stereocenters. The molecule has 1 aromatic rings. The Balaban J connectivity index is 2.62. The number of nitrogens with two attached hydrogens (primary N) is 1. The van der Waals surface area contributed by atoms with Crippen LogP contribution in [0.25, 0.3) is 0 Å². The molecule has 0 saturated heterocycles. The standard InChI is InChI=1S/C15H25N3O/c1-4-9-18(11-15(19)17-12(2)3)10-13-7-5-6-8-14(13)16/h5-8,12H,4,9-11,16H2,1-3H3,(H,17,19). The van der Waals surface area contributed by atoms with Gasteiger partial charge in [0.15, 0.2) is 0 Å². The highest BCUT2D eigenvalue weighted by Crippen LogP contribution is 2.13. The van der Waals surface area contributed by atoms with E-state index < -0.39 is 0 Å². The lowest BCUT2D eigenvalue weighted by Gasteiger charge is -2.22. The van der Waals surface area contributed by atoms with Gasteiger partial charge in [-0.2, -0.15) is 0 Å². The van der Waals surface area contributed by atoms with Crippen molar-refractivity contribution in [2.24, 2.45) is 0 Å². The number of nitrogens with one attached hydrogen (secondary N) is 1. The van der Waals surface area contributed by atoms with Gasteiger partial charge in [0.2, 0.25) is 5.91 Å². The number of para-hydroxylation sites is 1. The van der Waals surface area contributed by atoms with Gasteiger partial charge in [0.1, 0.15) is 0 Å². The molecule has 0 bridgehead atoms. The molecule has 0 aromatic heterocycles. The minimum Gasteiger partial charge on any atom is -0.398 e. The van der Waals surface area contributed by atoms with Crippen molar-refractivity contribution in [1.82, 2.24) is 10.2 Å². The Hall–Kier alpha value is -1.55. The molecule has 0 saturated carbocycles. The summed E-state index contributed by atoms with van der Waals surface area (Å²) in [6.45, 7) is 8.07. The van der Waals surface area contributed by atoms with Crippen molar-refractivity contribution in [2.45, 2.75) is 39.8 Å². The Morgan fingerprint density at radius 2 is 2.05 bits per heavy atom. The zero-order chi connectivity index (χ0) is 14.3. The van der Waals surface area contributed by atoms with Crippen LogP contribution in [0.15, 0.2) is 24.3 Å². The van der Waals surface area contributed by atoms with Gasteiger partial charge in [0.05, 0.1) is 6.54 Å². The molecule has 1 amide bonds. The zero-order valence-corrected chi connectivity index (χ0v) is 12.1. The Kier molecular flexibility index (Phi) is 6.36. The molecule has 1 rings (SSSR count). The third-order valence-electron chi connectivity index (χ3n) is 2.81. The van der Waals surface area contributed by atoms with Gasteiger partial charge < -0.3 is 11.1 Å². The minimum atomic E-state index is 0.0675. The molecule has 3 N–H and O–H groups in total. The monoisotopic (exact) mass is 263 g/mol. The summed E-state index contributed by atoms with van der Waals surface area (Å²) in [6.07, 6.45) is 1.02. The molecule has 0 fully saturated rings. The van der Waals surface area contributed by atoms with Crippen LogP contribution < -0.4 is 11.1 Å². The third-order valence-corrected chi connectivity index (χ3v) is 2.81. The van der Waals surface area contributed by atoms with Crippen LogP contribution in [0.4, 0.5) is 5.69 Å². The van der Waals surface area contributed by atoms with Crippen LogP contribution in [0.2, 0.25) is 0 Å². The number of carbonyl (C=O) groups excluding carboxylic acids is 1. The molecule has 0 aliphatic carbocycles. The van der Waals surface area contributed by atoms with E-state index >= 15 is 0 Å². The van der Waals surface area contributed by atoms with Crippen LogP contribution in [-0.2, 0) is 11.3 Å². The third kappa shape index (κ3) is 5.75. The smallest absolute Gasteiger partial charge is 0.234 e. The molecule has 0 heterocycles. The molecule has 0 atom stereocenters. The Labute approximate surface area is 116 Å². The average Bonchev–Trinajstić information content (AvgIpc) is 2.31. The average molecular weight is 263 g/mol. The Morgan fingerprint density at radius 3 is 2.63 bits per heavy atom. The number of benzene rings is 1. The number of amides is 1. The Morgan fingerprint density at radius 1 is 1.37 bits per heavy atom. The number of hydrogen-bond acceptors (Lipinski definition) is 3. The molecular weight excluding hydrogens is 238 g/mol. The van der Waals surface area contributed by atoms with E-state index in [1.807, 2.05) is 38.1 Å². The molecule has 1 aromatic carbocycles. The molecule has 0 aliphatic rings. The first kappa shape index (κ1) is 15.5. The van der Waals surface area contributed by atoms with Crippen molar-refractivity contribution < 1.29 is 4.79 Å². The number of rotatable bonds is 7. The van der Waals surface area contributed by atoms with Crippen molar-refractivity contribution in [3.05, 3.63) is 29.8 Å². The van der Waals surface area contributed by atoms with E-state index in [-0.39, 0.29) is 11.9 Å². The molecule has 4 heteroatoms. The van der Waals surface area contributed by atoms with Gasteiger partial charge in [-0.1, -0.05) is 25.1 Å². The Bertz CT molecular complexity index is 404. The summed E-state index contributed by atoms with van der Waals surface area (Å²) in [5, 5.41) is 2.92. The van der Waals surface area contributed by atoms with E-state index in [0.717, 1.165) is 24.2 Å². The summed E-state index contributed by atoms with van der Waals surface area (Å²) in [5.41, 5.74) is 7.81. The normalized spacial score (nSPS) is 11.0. The van der Waals surface area contributed by atoms with Gasteiger partial charge in [-0.15, -0.1) is 0 Å². The lowest BCUT2D eigenvalue weighted by atomic mass is 10.1. The molecule has 0 spiro atoms. The highest BCUT2D eigenvalue weighted by Gasteiger charge is 2.12. The second-order valence-corrected chi connectivity index (χ2v) is 5.13. The first-order chi connectivity index (χ1) is 9.02. The molecule has 4 nitrogen and oxygen atoms in total. The predicted molar refractivity (Wildman–Crippen MR) is 79.7 cm³/mol. The molecule has 0 aliphatic heterocycles. The van der Waals surface area contributed by atoms with E-state index in [9.17, 15) is 4.79 Å². The molecule has 19 heavy (non-hydrogen) atoms. The first-order valence-corrected chi connectivity index (χ1v) is 6.88. The van der Waals surface area contributed by atoms with Crippen LogP contribution in [-0.4, -0.2) is 29.9 Å². The highest BCUT2D eigenvalue weighted by atomic mass is 16.2. The zero-order valence-electron chi connectivity index (χ0n) is 12.1. The summed E-state index contributed by atoms with van der Waals surface area (Å²) in [4.78, 5) is 14.0. The molecule has 106 valence electrons. The van der Waals surface area contributed by atoms with Crippen LogP contribution >= 0.6 is 0 Å². The summed E-state index contributed by atoms with van der Waals surface area (Å²) in [6, 6.07) is 7.99. The predicted octanol–water partition coefficient (Wildman–Crippen LogP) is 2.01. The van der Waals surface area contributed by atoms with E-state index in [4.69, 9.17) is 5.73 Å². The largest absolute Gasteiger partial charge is 0.398 e. The maximum absolute atomic E-state index is 11.8. The summed E-state index contributed by atoms with van der Waals surface area (Å²) >= 11 is 0. The minimum absolute atomic E-state index is 0.0675. The van der Waals surface area contributed by atoms with E-state index in [2.05, 4.69) is 17.1 Å². The molecule has 0 radical (unpaired) electrons. The molecular formula is C15H25N3O. The highest BCUT2D eigenvalue weighted by molar-refractivity contribution is 5.78. The van der Waals surface area contributed by atoms with Gasteiger partial charge in [-0.25, -0.2) is 0 Å².